The minimum Gasteiger partial charge on any atom is -0.434 e. The molecule has 1 amide bonds. The fourth-order valence-electron chi connectivity index (χ4n) is 0.0503. The van der Waals surface area contributed by atoms with Crippen LogP contribution in [-0.4, -0.2) is 9.32 Å². The van der Waals surface area contributed by atoms with Gasteiger partial charge in [0.1, 0.15) is 0 Å². The van der Waals surface area contributed by atoms with E-state index in [-0.39, 0.29) is 0 Å². The summed E-state index contributed by atoms with van der Waals surface area (Å²) >= 11 is 1.59. The molecule has 0 spiro atoms. The van der Waals surface area contributed by atoms with Gasteiger partial charge in [0, 0.05) is 0 Å². The van der Waals surface area contributed by atoms with Gasteiger partial charge < -0.3 is 4.52 Å². The predicted molar refractivity (Wildman–Crippen MR) is 36.2 cm³/mol. The van der Waals surface area contributed by atoms with Crippen molar-refractivity contribution >= 4 is 38.4 Å². The van der Waals surface area contributed by atoms with Gasteiger partial charge in [0.15, 0.2) is 0 Å². The summed E-state index contributed by atoms with van der Waals surface area (Å²) in [5.41, 5.74) is 0. The van der Waals surface area contributed by atoms with E-state index < -0.39 is 6.09 Å². The summed E-state index contributed by atoms with van der Waals surface area (Å²) in [6.45, 7) is 0. The largest absolute Gasteiger partial charge is 0.435 e. The number of hydrogen-bond acceptors (Lipinski definition) is 3. The number of hydrazine groups is 1. The van der Waals surface area contributed by atoms with Gasteiger partial charge in [-0.05, 0) is 0 Å². The van der Waals surface area contributed by atoms with E-state index in [0.29, 0.717) is 0 Å². The molecule has 0 aromatic heterocycles. The SMILES string of the molecule is NN(I)C(=O)OP. The Balaban J connectivity index is 3.35. The Bertz CT molecular complexity index is 76.1. The molecule has 0 bridgehead atoms. The van der Waals surface area contributed by atoms with Gasteiger partial charge in [-0.2, -0.15) is 3.22 Å². The number of rotatable bonds is 0. The van der Waals surface area contributed by atoms with E-state index in [4.69, 9.17) is 5.84 Å². The average Bonchev–Trinajstić information content (AvgIpc) is 1.65. The Hall–Kier alpha value is 0.390. The lowest BCUT2D eigenvalue weighted by molar-refractivity contribution is 0.194. The van der Waals surface area contributed by atoms with Crippen molar-refractivity contribution in [2.75, 3.05) is 0 Å². The van der Waals surface area contributed by atoms with Crippen LogP contribution in [0.15, 0.2) is 0 Å². The van der Waals surface area contributed by atoms with E-state index in [2.05, 4.69) is 4.52 Å². The molecule has 0 saturated carbocycles. The number of hydrogen-bond donors (Lipinski definition) is 1. The zero-order valence-corrected chi connectivity index (χ0v) is 6.61. The summed E-state index contributed by atoms with van der Waals surface area (Å²) < 4.78 is 4.89. The fraction of sp³-hybridized carbons (Fsp3) is 0. The van der Waals surface area contributed by atoms with Crippen LogP contribution < -0.4 is 5.84 Å². The molecule has 0 aromatic rings. The molecule has 1 unspecified atom stereocenters. The minimum atomic E-state index is -0.592. The normalized spacial score (nSPS) is 7.86. The molecule has 0 radical (unpaired) electrons. The summed E-state index contributed by atoms with van der Waals surface area (Å²) in [4.78, 5) is 10.1. The molecular weight excluding hydrogens is 230 g/mol. The molecule has 4 nitrogen and oxygen atoms in total. The maximum absolute atomic E-state index is 10.1. The first-order chi connectivity index (χ1) is 3.18. The van der Waals surface area contributed by atoms with Crippen LogP contribution in [0.1, 0.15) is 0 Å². The van der Waals surface area contributed by atoms with Gasteiger partial charge in [-0.15, -0.1) is 0 Å². The standard InChI is InChI=1S/CH4IN2O2P/c2-4(3)1(5)6-7/h3,7H2. The van der Waals surface area contributed by atoms with Gasteiger partial charge in [-0.25, -0.2) is 10.6 Å². The van der Waals surface area contributed by atoms with E-state index >= 15 is 0 Å². The molecule has 42 valence electrons. The van der Waals surface area contributed by atoms with Crippen LogP contribution in [-0.2, 0) is 4.52 Å². The Morgan fingerprint density at radius 3 is 2.43 bits per heavy atom. The van der Waals surface area contributed by atoms with Gasteiger partial charge in [0.2, 0.25) is 0 Å². The van der Waals surface area contributed by atoms with Gasteiger partial charge in [0.05, 0.1) is 32.3 Å². The Morgan fingerprint density at radius 2 is 2.43 bits per heavy atom. The van der Waals surface area contributed by atoms with Crippen molar-refractivity contribution in [3.63, 3.8) is 0 Å². The number of nitrogens with zero attached hydrogens (tertiary/aromatic N) is 1. The fourth-order valence-corrected chi connectivity index (χ4v) is 0.492. The monoisotopic (exact) mass is 234 g/mol. The molecule has 1 atom stereocenters. The molecule has 6 heteroatoms. The van der Waals surface area contributed by atoms with E-state index in [0.717, 1.165) is 3.22 Å². The number of amides is 1. The molecule has 0 fully saturated rings. The zero-order valence-electron chi connectivity index (χ0n) is 3.30. The molecule has 0 aliphatic rings. The zero-order chi connectivity index (χ0) is 5.86. The van der Waals surface area contributed by atoms with Crippen molar-refractivity contribution < 1.29 is 9.32 Å². The number of carbonyl (C=O) groups is 1. The Kier molecular flexibility index (Phi) is 3.59. The summed E-state index contributed by atoms with van der Waals surface area (Å²) in [6.07, 6.45) is -0.592. The second kappa shape index (κ2) is 3.40. The van der Waals surface area contributed by atoms with Crippen LogP contribution >= 0.6 is 32.3 Å². The van der Waals surface area contributed by atoms with Crippen molar-refractivity contribution in [2.45, 2.75) is 0 Å². The molecule has 0 aliphatic carbocycles. The minimum absolute atomic E-state index is 0.592. The third-order valence-electron chi connectivity index (χ3n) is 0.275. The van der Waals surface area contributed by atoms with Crippen LogP contribution in [0.3, 0.4) is 0 Å². The predicted octanol–water partition coefficient (Wildman–Crippen LogP) is 0.439. The van der Waals surface area contributed by atoms with Crippen LogP contribution in [0.5, 0.6) is 0 Å². The summed E-state index contributed by atoms with van der Waals surface area (Å²) in [5.74, 6) is 4.88. The maximum atomic E-state index is 10.1. The van der Waals surface area contributed by atoms with Crippen molar-refractivity contribution in [1.82, 2.24) is 3.22 Å². The molecule has 0 aliphatic heterocycles. The van der Waals surface area contributed by atoms with Crippen LogP contribution in [0.2, 0.25) is 0 Å². The molecule has 0 aromatic carbocycles. The number of nitrogens with two attached hydrogens (primary N) is 1. The van der Waals surface area contributed by atoms with Crippen molar-refractivity contribution in [3.05, 3.63) is 0 Å². The number of halogens is 1. The second-order valence-electron chi connectivity index (χ2n) is 0.695. The van der Waals surface area contributed by atoms with Gasteiger partial charge in [0.25, 0.3) is 0 Å². The molecule has 7 heavy (non-hydrogen) atoms. The van der Waals surface area contributed by atoms with E-state index in [1.807, 2.05) is 0 Å². The summed E-state index contributed by atoms with van der Waals surface area (Å²) in [5, 5.41) is 0. The summed E-state index contributed by atoms with van der Waals surface area (Å²) in [6, 6.07) is 0. The highest BCUT2D eigenvalue weighted by Gasteiger charge is 2.01. The Labute approximate surface area is 57.1 Å². The highest BCUT2D eigenvalue weighted by Crippen LogP contribution is 1.96. The first kappa shape index (κ1) is 7.39. The van der Waals surface area contributed by atoms with Gasteiger partial charge in [-0.3, -0.25) is 0 Å². The van der Waals surface area contributed by atoms with Crippen LogP contribution in [0.4, 0.5) is 4.79 Å². The lowest BCUT2D eigenvalue weighted by Crippen LogP contribution is -2.25. The van der Waals surface area contributed by atoms with Gasteiger partial charge >= 0.3 is 6.09 Å². The lowest BCUT2D eigenvalue weighted by Gasteiger charge is -2.01. The highest BCUT2D eigenvalue weighted by atomic mass is 127. The summed E-state index contributed by atoms with van der Waals surface area (Å²) in [7, 11) is 1.79. The average molecular weight is 234 g/mol. The molecule has 0 rings (SSSR count). The van der Waals surface area contributed by atoms with Crippen LogP contribution in [0.25, 0.3) is 0 Å². The van der Waals surface area contributed by atoms with E-state index in [1.54, 1.807) is 32.3 Å². The molecule has 0 saturated heterocycles. The number of carbonyl (C=O) groups excluding carboxylic acids is 1. The lowest BCUT2D eigenvalue weighted by atomic mass is 11.3. The van der Waals surface area contributed by atoms with E-state index in [1.165, 1.54) is 0 Å². The van der Waals surface area contributed by atoms with Crippen molar-refractivity contribution in [2.24, 2.45) is 5.84 Å². The molecule has 0 heterocycles. The first-order valence-corrected chi connectivity index (χ1v) is 2.73. The van der Waals surface area contributed by atoms with Crippen LogP contribution in [0, 0.1) is 0 Å². The quantitative estimate of drug-likeness (QED) is 0.165. The third-order valence-corrected chi connectivity index (χ3v) is 0.871. The van der Waals surface area contributed by atoms with Gasteiger partial charge in [-0.1, -0.05) is 0 Å². The van der Waals surface area contributed by atoms with E-state index in [9.17, 15) is 4.79 Å². The third kappa shape index (κ3) is 3.02. The van der Waals surface area contributed by atoms with Crippen molar-refractivity contribution in [1.29, 1.82) is 0 Å². The highest BCUT2D eigenvalue weighted by molar-refractivity contribution is 14.1. The molecule has 2 N–H and O–H groups in total. The molecular formula is CH4IN2O2P. The smallest absolute Gasteiger partial charge is 0.434 e. The Morgan fingerprint density at radius 1 is 2.00 bits per heavy atom. The topological polar surface area (TPSA) is 55.6 Å². The first-order valence-electron chi connectivity index (χ1n) is 1.29. The second-order valence-corrected chi connectivity index (χ2v) is 1.97. The van der Waals surface area contributed by atoms with Crippen molar-refractivity contribution in [3.8, 4) is 0 Å². The maximum Gasteiger partial charge on any atom is 0.435 e.